The van der Waals surface area contributed by atoms with E-state index in [0.29, 0.717) is 16.9 Å². The lowest BCUT2D eigenvalue weighted by Crippen LogP contribution is -2.28. The molecule has 0 aliphatic heterocycles. The summed E-state index contributed by atoms with van der Waals surface area (Å²) < 4.78 is 0. The Morgan fingerprint density at radius 1 is 1.18 bits per heavy atom. The van der Waals surface area contributed by atoms with Crippen LogP contribution in [-0.2, 0) is 10.2 Å². The SMILES string of the molecule is Cc1nc(C(=O)Nc2ccc(C(C)(C)C(=O)O)cc2)c(C)s1. The first-order chi connectivity index (χ1) is 10.2. The average Bonchev–Trinajstić information content (AvgIpc) is 2.78. The van der Waals surface area contributed by atoms with Gasteiger partial charge in [0.2, 0.25) is 0 Å². The van der Waals surface area contributed by atoms with Gasteiger partial charge in [-0.3, -0.25) is 9.59 Å². The molecule has 0 atom stereocenters. The van der Waals surface area contributed by atoms with Crippen molar-refractivity contribution in [2.45, 2.75) is 33.1 Å². The summed E-state index contributed by atoms with van der Waals surface area (Å²) >= 11 is 1.48. The Balaban J connectivity index is 2.17. The third-order valence-electron chi connectivity index (χ3n) is 3.52. The zero-order valence-electron chi connectivity index (χ0n) is 12.9. The first-order valence-corrected chi connectivity index (χ1v) is 7.63. The fourth-order valence-electron chi connectivity index (χ4n) is 2.02. The highest BCUT2D eigenvalue weighted by Crippen LogP contribution is 2.25. The molecule has 6 heteroatoms. The number of aliphatic carboxylic acids is 1. The van der Waals surface area contributed by atoms with E-state index in [-0.39, 0.29) is 5.91 Å². The average molecular weight is 318 g/mol. The Morgan fingerprint density at radius 2 is 1.77 bits per heavy atom. The zero-order chi connectivity index (χ0) is 16.5. The van der Waals surface area contributed by atoms with Crippen LogP contribution in [0.25, 0.3) is 0 Å². The number of carboxylic acids is 1. The number of nitrogens with one attached hydrogen (secondary N) is 1. The molecule has 116 valence electrons. The number of carbonyl (C=O) groups excluding carboxylic acids is 1. The zero-order valence-corrected chi connectivity index (χ0v) is 13.7. The first kappa shape index (κ1) is 16.2. The Labute approximate surface area is 133 Å². The van der Waals surface area contributed by atoms with E-state index in [4.69, 9.17) is 0 Å². The first-order valence-electron chi connectivity index (χ1n) is 6.81. The Hall–Kier alpha value is -2.21. The van der Waals surface area contributed by atoms with Crippen molar-refractivity contribution in [1.29, 1.82) is 0 Å². The molecule has 0 fully saturated rings. The minimum atomic E-state index is -0.967. The van der Waals surface area contributed by atoms with Crippen LogP contribution in [0.4, 0.5) is 5.69 Å². The van der Waals surface area contributed by atoms with Crippen LogP contribution < -0.4 is 5.32 Å². The molecule has 1 heterocycles. The van der Waals surface area contributed by atoms with Gasteiger partial charge in [0.1, 0.15) is 5.69 Å². The van der Waals surface area contributed by atoms with Gasteiger partial charge in [-0.05, 0) is 45.4 Å². The molecule has 0 saturated carbocycles. The van der Waals surface area contributed by atoms with Crippen molar-refractivity contribution in [2.24, 2.45) is 0 Å². The second-order valence-corrected chi connectivity index (χ2v) is 7.01. The number of aryl methyl sites for hydroxylation is 2. The van der Waals surface area contributed by atoms with Crippen LogP contribution in [0.15, 0.2) is 24.3 Å². The summed E-state index contributed by atoms with van der Waals surface area (Å²) in [5.74, 6) is -1.15. The number of thiazole rings is 1. The second kappa shape index (κ2) is 5.88. The van der Waals surface area contributed by atoms with Crippen molar-refractivity contribution in [1.82, 2.24) is 4.98 Å². The summed E-state index contributed by atoms with van der Waals surface area (Å²) in [6.45, 7) is 7.00. The molecule has 22 heavy (non-hydrogen) atoms. The maximum absolute atomic E-state index is 12.2. The van der Waals surface area contributed by atoms with Gasteiger partial charge in [0, 0.05) is 10.6 Å². The Bertz CT molecular complexity index is 717. The van der Waals surface area contributed by atoms with Gasteiger partial charge in [-0.15, -0.1) is 11.3 Å². The molecular formula is C16H18N2O3S. The van der Waals surface area contributed by atoms with E-state index in [1.165, 1.54) is 11.3 Å². The molecule has 0 aliphatic rings. The highest BCUT2D eigenvalue weighted by atomic mass is 32.1. The largest absolute Gasteiger partial charge is 0.481 e. The van der Waals surface area contributed by atoms with E-state index in [1.54, 1.807) is 38.1 Å². The molecule has 1 amide bonds. The summed E-state index contributed by atoms with van der Waals surface area (Å²) in [7, 11) is 0. The summed E-state index contributed by atoms with van der Waals surface area (Å²) in [4.78, 5) is 28.5. The van der Waals surface area contributed by atoms with Crippen molar-refractivity contribution >= 4 is 28.9 Å². The Morgan fingerprint density at radius 3 is 2.23 bits per heavy atom. The number of carboxylic acid groups (broad SMARTS) is 1. The fourth-order valence-corrected chi connectivity index (χ4v) is 2.84. The van der Waals surface area contributed by atoms with Gasteiger partial charge in [-0.1, -0.05) is 12.1 Å². The van der Waals surface area contributed by atoms with Gasteiger partial charge in [0.05, 0.1) is 10.4 Å². The van der Waals surface area contributed by atoms with Crippen LogP contribution in [-0.4, -0.2) is 22.0 Å². The summed E-state index contributed by atoms with van der Waals surface area (Å²) in [6.07, 6.45) is 0. The number of rotatable bonds is 4. The predicted molar refractivity (Wildman–Crippen MR) is 86.6 cm³/mol. The second-order valence-electron chi connectivity index (χ2n) is 5.60. The molecule has 2 aromatic rings. The van der Waals surface area contributed by atoms with E-state index in [0.717, 1.165) is 9.88 Å². The molecule has 1 aromatic carbocycles. The van der Waals surface area contributed by atoms with Gasteiger partial charge in [0.15, 0.2) is 0 Å². The van der Waals surface area contributed by atoms with E-state index in [9.17, 15) is 14.7 Å². The monoisotopic (exact) mass is 318 g/mol. The van der Waals surface area contributed by atoms with E-state index in [1.807, 2.05) is 13.8 Å². The predicted octanol–water partition coefficient (Wildman–Crippen LogP) is 3.37. The van der Waals surface area contributed by atoms with E-state index >= 15 is 0 Å². The number of benzene rings is 1. The maximum Gasteiger partial charge on any atom is 0.313 e. The highest BCUT2D eigenvalue weighted by Gasteiger charge is 2.29. The Kier molecular flexibility index (Phi) is 4.32. The van der Waals surface area contributed by atoms with Gasteiger partial charge < -0.3 is 10.4 Å². The highest BCUT2D eigenvalue weighted by molar-refractivity contribution is 7.11. The molecule has 0 bridgehead atoms. The summed E-state index contributed by atoms with van der Waals surface area (Å²) in [5, 5.41) is 12.8. The minimum Gasteiger partial charge on any atom is -0.481 e. The summed E-state index contributed by atoms with van der Waals surface area (Å²) in [5.41, 5.74) is 0.752. The standard InChI is InChI=1S/C16H18N2O3S/c1-9-13(17-10(2)22-9)14(19)18-12-7-5-11(6-8-12)16(3,4)15(20)21/h5-8H,1-4H3,(H,18,19)(H,20,21). The normalized spacial score (nSPS) is 11.3. The van der Waals surface area contributed by atoms with Crippen LogP contribution in [0.5, 0.6) is 0 Å². The lowest BCUT2D eigenvalue weighted by atomic mass is 9.85. The molecule has 0 aliphatic carbocycles. The van der Waals surface area contributed by atoms with Crippen LogP contribution in [0.1, 0.15) is 39.8 Å². The van der Waals surface area contributed by atoms with Crippen molar-refractivity contribution in [2.75, 3.05) is 5.32 Å². The maximum atomic E-state index is 12.2. The fraction of sp³-hybridized carbons (Fsp3) is 0.312. The third kappa shape index (κ3) is 3.17. The molecule has 2 rings (SSSR count). The molecule has 2 N–H and O–H groups in total. The van der Waals surface area contributed by atoms with Gasteiger partial charge >= 0.3 is 5.97 Å². The molecule has 0 saturated heterocycles. The lowest BCUT2D eigenvalue weighted by Gasteiger charge is -2.19. The number of carbonyl (C=O) groups is 2. The quantitative estimate of drug-likeness (QED) is 0.906. The van der Waals surface area contributed by atoms with Gasteiger partial charge in [-0.2, -0.15) is 0 Å². The van der Waals surface area contributed by atoms with Crippen LogP contribution in [0.2, 0.25) is 0 Å². The number of aromatic nitrogens is 1. The molecule has 5 nitrogen and oxygen atoms in total. The molecule has 1 aromatic heterocycles. The van der Waals surface area contributed by atoms with Crippen molar-refractivity contribution < 1.29 is 14.7 Å². The number of nitrogens with zero attached hydrogens (tertiary/aromatic N) is 1. The van der Waals surface area contributed by atoms with Crippen molar-refractivity contribution in [3.8, 4) is 0 Å². The van der Waals surface area contributed by atoms with Crippen LogP contribution in [0, 0.1) is 13.8 Å². The minimum absolute atomic E-state index is 0.257. The molecule has 0 spiro atoms. The lowest BCUT2D eigenvalue weighted by molar-refractivity contribution is -0.142. The number of hydrogen-bond acceptors (Lipinski definition) is 4. The molecular weight excluding hydrogens is 300 g/mol. The van der Waals surface area contributed by atoms with Gasteiger partial charge in [0.25, 0.3) is 5.91 Å². The molecule has 0 unspecified atom stereocenters. The number of anilines is 1. The van der Waals surface area contributed by atoms with E-state index < -0.39 is 11.4 Å². The van der Waals surface area contributed by atoms with Crippen LogP contribution >= 0.6 is 11.3 Å². The summed E-state index contributed by atoms with van der Waals surface area (Å²) in [6, 6.07) is 6.82. The van der Waals surface area contributed by atoms with Crippen molar-refractivity contribution in [3.05, 3.63) is 45.4 Å². The number of hydrogen-bond donors (Lipinski definition) is 2. The topological polar surface area (TPSA) is 79.3 Å². The van der Waals surface area contributed by atoms with Gasteiger partial charge in [-0.25, -0.2) is 4.98 Å². The van der Waals surface area contributed by atoms with Crippen molar-refractivity contribution in [3.63, 3.8) is 0 Å². The van der Waals surface area contributed by atoms with E-state index in [2.05, 4.69) is 10.3 Å². The molecule has 0 radical (unpaired) electrons. The van der Waals surface area contributed by atoms with Crippen LogP contribution in [0.3, 0.4) is 0 Å². The third-order valence-corrected chi connectivity index (χ3v) is 4.40. The number of amides is 1. The smallest absolute Gasteiger partial charge is 0.313 e.